The number of nitrogens with one attached hydrogen (secondary N) is 2. The minimum Gasteiger partial charge on any atom is -0.382 e. The lowest BCUT2D eigenvalue weighted by Crippen LogP contribution is -2.46. The molecule has 0 spiro atoms. The second kappa shape index (κ2) is 5.09. The van der Waals surface area contributed by atoms with Crippen LogP contribution >= 0.6 is 0 Å². The summed E-state index contributed by atoms with van der Waals surface area (Å²) >= 11 is 0. The van der Waals surface area contributed by atoms with Crippen LogP contribution in [0.5, 0.6) is 0 Å². The molecule has 3 atom stereocenters. The summed E-state index contributed by atoms with van der Waals surface area (Å²) in [5.41, 5.74) is 5.64. The molecule has 2 amide bonds. The van der Waals surface area contributed by atoms with Crippen LogP contribution in [0.15, 0.2) is 0 Å². The highest BCUT2D eigenvalue weighted by Gasteiger charge is 2.30. The molecule has 0 radical (unpaired) electrons. The molecule has 15 heavy (non-hydrogen) atoms. The fourth-order valence-corrected chi connectivity index (χ4v) is 1.67. The van der Waals surface area contributed by atoms with Crippen molar-refractivity contribution in [3.8, 4) is 0 Å². The van der Waals surface area contributed by atoms with Gasteiger partial charge in [-0.3, -0.25) is 9.59 Å². The van der Waals surface area contributed by atoms with E-state index in [1.54, 1.807) is 0 Å². The molecule has 5 N–H and O–H groups in total. The number of aliphatic hydroxyl groups excluding tert-OH is 1. The number of hydrogen-bond acceptors (Lipinski definition) is 4. The predicted molar refractivity (Wildman–Crippen MR) is 53.8 cm³/mol. The molecule has 6 nitrogen and oxygen atoms in total. The van der Waals surface area contributed by atoms with Crippen LogP contribution in [0.3, 0.4) is 0 Å². The van der Waals surface area contributed by atoms with Crippen molar-refractivity contribution < 1.29 is 14.7 Å². The lowest BCUT2D eigenvalue weighted by molar-refractivity contribution is -0.131. The predicted octanol–water partition coefficient (Wildman–Crippen LogP) is -2.05. The minimum absolute atomic E-state index is 0.0467. The summed E-state index contributed by atoms with van der Waals surface area (Å²) in [5, 5.41) is 14.5. The highest BCUT2D eigenvalue weighted by molar-refractivity contribution is 5.82. The fraction of sp³-hybridized carbons (Fsp3) is 0.778. The summed E-state index contributed by atoms with van der Waals surface area (Å²) in [6.07, 6.45) is -0.198. The molecule has 6 heteroatoms. The maximum atomic E-state index is 11.2. The lowest BCUT2D eigenvalue weighted by atomic mass is 9.95. The molecule has 0 aromatic carbocycles. The number of amides is 2. The molecule has 1 heterocycles. The van der Waals surface area contributed by atoms with Gasteiger partial charge in [0.25, 0.3) is 0 Å². The third-order valence-corrected chi connectivity index (χ3v) is 2.64. The van der Waals surface area contributed by atoms with Gasteiger partial charge >= 0.3 is 0 Å². The van der Waals surface area contributed by atoms with E-state index < -0.39 is 18.1 Å². The van der Waals surface area contributed by atoms with Crippen molar-refractivity contribution in [1.82, 2.24) is 10.6 Å². The normalized spacial score (nSPS) is 24.5. The number of carbonyl (C=O) groups excluding carboxylic acids is 2. The van der Waals surface area contributed by atoms with Crippen molar-refractivity contribution in [3.63, 3.8) is 0 Å². The van der Waals surface area contributed by atoms with Gasteiger partial charge in [-0.05, 0) is 12.8 Å². The van der Waals surface area contributed by atoms with Crippen molar-refractivity contribution in [3.05, 3.63) is 0 Å². The Hall–Kier alpha value is -1.14. The standard InChI is InChI=1S/C9H17N3O3/c1-11-9(15)7(13)6(10)4-5-2-3-12-8(5)14/h5-7,13H,2-4,10H2,1H3,(H,11,15)(H,12,14)/t5?,6-,7?/m0/s1. The Morgan fingerprint density at radius 3 is 2.93 bits per heavy atom. The summed E-state index contributed by atoms with van der Waals surface area (Å²) < 4.78 is 0. The largest absolute Gasteiger partial charge is 0.382 e. The summed E-state index contributed by atoms with van der Waals surface area (Å²) in [6.45, 7) is 0.645. The average molecular weight is 215 g/mol. The Labute approximate surface area is 88.2 Å². The molecule has 2 unspecified atom stereocenters. The molecule has 0 aromatic rings. The van der Waals surface area contributed by atoms with Crippen molar-refractivity contribution in [2.24, 2.45) is 11.7 Å². The van der Waals surface area contributed by atoms with Crippen molar-refractivity contribution in [1.29, 1.82) is 0 Å². The molecule has 0 aromatic heterocycles. The number of rotatable bonds is 4. The molecular weight excluding hydrogens is 198 g/mol. The maximum absolute atomic E-state index is 11.2. The fourth-order valence-electron chi connectivity index (χ4n) is 1.67. The van der Waals surface area contributed by atoms with Gasteiger partial charge in [0, 0.05) is 25.6 Å². The summed E-state index contributed by atoms with van der Waals surface area (Å²) in [7, 11) is 1.43. The molecule has 1 aliphatic heterocycles. The summed E-state index contributed by atoms with van der Waals surface area (Å²) in [5.74, 6) is -0.741. The molecule has 1 rings (SSSR count). The number of likely N-dealkylation sites (N-methyl/N-ethyl adjacent to an activating group) is 1. The van der Waals surface area contributed by atoms with E-state index in [1.165, 1.54) is 7.05 Å². The first-order valence-electron chi connectivity index (χ1n) is 4.99. The van der Waals surface area contributed by atoms with Crippen molar-refractivity contribution in [2.45, 2.75) is 25.0 Å². The quantitative estimate of drug-likeness (QED) is 0.433. The average Bonchev–Trinajstić information content (AvgIpc) is 2.62. The number of carbonyl (C=O) groups is 2. The van der Waals surface area contributed by atoms with Crippen LogP contribution in [0.4, 0.5) is 0 Å². The van der Waals surface area contributed by atoms with Crippen LogP contribution in [0, 0.1) is 5.92 Å². The molecule has 1 saturated heterocycles. The minimum atomic E-state index is -1.25. The Balaban J connectivity index is 2.43. The first-order valence-corrected chi connectivity index (χ1v) is 4.99. The van der Waals surface area contributed by atoms with Crippen molar-refractivity contribution in [2.75, 3.05) is 13.6 Å². The summed E-state index contributed by atoms with van der Waals surface area (Å²) in [6, 6.07) is -0.696. The Bertz CT molecular complexity index is 257. The van der Waals surface area contributed by atoms with E-state index in [-0.39, 0.29) is 11.8 Å². The molecule has 86 valence electrons. The zero-order chi connectivity index (χ0) is 11.4. The monoisotopic (exact) mass is 215 g/mol. The first-order chi connectivity index (χ1) is 7.06. The SMILES string of the molecule is CNC(=O)C(O)[C@@H](N)CC1CCNC1=O. The van der Waals surface area contributed by atoms with Crippen LogP contribution in [0.2, 0.25) is 0 Å². The lowest BCUT2D eigenvalue weighted by Gasteiger charge is -2.19. The van der Waals surface area contributed by atoms with Gasteiger partial charge in [-0.15, -0.1) is 0 Å². The molecule has 0 saturated carbocycles. The van der Waals surface area contributed by atoms with Gasteiger partial charge in [0.2, 0.25) is 11.8 Å². The van der Waals surface area contributed by atoms with Crippen LogP contribution < -0.4 is 16.4 Å². The van der Waals surface area contributed by atoms with Gasteiger partial charge in [-0.1, -0.05) is 0 Å². The molecule has 1 fully saturated rings. The number of aliphatic hydroxyl groups is 1. The van der Waals surface area contributed by atoms with Crippen LogP contribution in [0.1, 0.15) is 12.8 Å². The van der Waals surface area contributed by atoms with E-state index in [0.29, 0.717) is 19.4 Å². The maximum Gasteiger partial charge on any atom is 0.250 e. The Kier molecular flexibility index (Phi) is 4.05. The van der Waals surface area contributed by atoms with E-state index in [9.17, 15) is 14.7 Å². The van der Waals surface area contributed by atoms with E-state index in [2.05, 4.69) is 10.6 Å². The highest BCUT2D eigenvalue weighted by Crippen LogP contribution is 2.16. The van der Waals surface area contributed by atoms with E-state index >= 15 is 0 Å². The number of nitrogens with two attached hydrogens (primary N) is 1. The van der Waals surface area contributed by atoms with Crippen LogP contribution in [-0.4, -0.2) is 42.7 Å². The molecule has 0 bridgehead atoms. The van der Waals surface area contributed by atoms with E-state index in [4.69, 9.17) is 5.73 Å². The van der Waals surface area contributed by atoms with Gasteiger partial charge in [0.15, 0.2) is 0 Å². The molecular formula is C9H17N3O3. The van der Waals surface area contributed by atoms with Gasteiger partial charge < -0.3 is 21.5 Å². The van der Waals surface area contributed by atoms with Crippen LogP contribution in [0.25, 0.3) is 0 Å². The first kappa shape index (κ1) is 11.9. The van der Waals surface area contributed by atoms with Gasteiger partial charge in [0.1, 0.15) is 6.10 Å². The molecule has 1 aliphatic rings. The molecule has 0 aliphatic carbocycles. The third kappa shape index (κ3) is 2.90. The number of hydrogen-bond donors (Lipinski definition) is 4. The third-order valence-electron chi connectivity index (χ3n) is 2.64. The zero-order valence-corrected chi connectivity index (χ0v) is 8.69. The zero-order valence-electron chi connectivity index (χ0n) is 8.69. The van der Waals surface area contributed by atoms with Crippen LogP contribution in [-0.2, 0) is 9.59 Å². The van der Waals surface area contributed by atoms with Gasteiger partial charge in [0.05, 0.1) is 0 Å². The highest BCUT2D eigenvalue weighted by atomic mass is 16.3. The second-order valence-corrected chi connectivity index (χ2v) is 3.74. The Morgan fingerprint density at radius 2 is 2.47 bits per heavy atom. The van der Waals surface area contributed by atoms with Gasteiger partial charge in [-0.2, -0.15) is 0 Å². The van der Waals surface area contributed by atoms with Crippen molar-refractivity contribution >= 4 is 11.8 Å². The van der Waals surface area contributed by atoms with E-state index in [0.717, 1.165) is 0 Å². The topological polar surface area (TPSA) is 104 Å². The van der Waals surface area contributed by atoms with Gasteiger partial charge in [-0.25, -0.2) is 0 Å². The Morgan fingerprint density at radius 1 is 1.80 bits per heavy atom. The smallest absolute Gasteiger partial charge is 0.250 e. The second-order valence-electron chi connectivity index (χ2n) is 3.74. The van der Waals surface area contributed by atoms with E-state index in [1.807, 2.05) is 0 Å². The summed E-state index contributed by atoms with van der Waals surface area (Å²) in [4.78, 5) is 22.3.